The van der Waals surface area contributed by atoms with Crippen molar-refractivity contribution in [2.75, 3.05) is 0 Å². The lowest BCUT2D eigenvalue weighted by atomic mass is 10.0. The van der Waals surface area contributed by atoms with Gasteiger partial charge in [0.15, 0.2) is 5.58 Å². The molecule has 0 spiro atoms. The molecule has 0 saturated heterocycles. The average molecular weight is 763 g/mol. The average Bonchev–Trinajstić information content (AvgIpc) is 4.07. The van der Waals surface area contributed by atoms with Crippen molar-refractivity contribution in [3.8, 4) is 33.6 Å². The molecule has 0 atom stereocenters. The fraction of sp³-hybridized carbons (Fsp3) is 0. The zero-order valence-electron chi connectivity index (χ0n) is 30.4. The molecular formula is C52H30N2OS2. The highest BCUT2D eigenvalue weighted by Gasteiger charge is 2.21. The second kappa shape index (κ2) is 11.8. The maximum Gasteiger partial charge on any atom is 0.161 e. The quantitative estimate of drug-likeness (QED) is 0.175. The summed E-state index contributed by atoms with van der Waals surface area (Å²) in [5.74, 6) is 0. The molecule has 0 unspecified atom stereocenters. The Morgan fingerprint density at radius 2 is 0.930 bits per heavy atom. The van der Waals surface area contributed by atoms with E-state index in [1.165, 1.54) is 73.8 Å². The zero-order chi connectivity index (χ0) is 37.2. The fourth-order valence-corrected chi connectivity index (χ4v) is 11.7. The Hall–Kier alpha value is -6.92. The third-order valence-corrected chi connectivity index (χ3v) is 14.1. The molecule has 5 aromatic heterocycles. The molecule has 0 aliphatic rings. The maximum absolute atomic E-state index is 6.70. The van der Waals surface area contributed by atoms with Gasteiger partial charge in [0, 0.05) is 57.8 Å². The molecule has 0 amide bonds. The van der Waals surface area contributed by atoms with Crippen LogP contribution >= 0.6 is 22.7 Å². The minimum absolute atomic E-state index is 0.901. The minimum Gasteiger partial charge on any atom is -0.454 e. The molecule has 5 heterocycles. The van der Waals surface area contributed by atoms with E-state index < -0.39 is 0 Å². The van der Waals surface area contributed by atoms with E-state index in [1.807, 2.05) is 22.7 Å². The highest BCUT2D eigenvalue weighted by Crippen LogP contribution is 2.47. The molecular weight excluding hydrogens is 733 g/mol. The lowest BCUT2D eigenvalue weighted by Gasteiger charge is -2.09. The van der Waals surface area contributed by atoms with Crippen LogP contribution in [0.5, 0.6) is 0 Å². The lowest BCUT2D eigenvalue weighted by Crippen LogP contribution is -1.92. The van der Waals surface area contributed by atoms with Crippen molar-refractivity contribution in [2.24, 2.45) is 0 Å². The van der Waals surface area contributed by atoms with Gasteiger partial charge < -0.3 is 13.6 Å². The van der Waals surface area contributed by atoms with Crippen LogP contribution in [-0.4, -0.2) is 9.13 Å². The van der Waals surface area contributed by atoms with Gasteiger partial charge in [-0.15, -0.1) is 22.7 Å². The standard InChI is InChI=1S/C52H30N2OS2/c1-3-12-34(13-4-1)53-43-20-9-7-16-39(43)50-48(53)41-27-23-31(28-45(41)55-50)32-22-25-37-38-26-24-33(30-47(38)56-46(37)29-32)36-18-11-19-42-49-52(57-51(36)42)40-17-8-10-21-44(40)54(49)35-14-5-2-6-15-35/h1-30H. The molecule has 57 heavy (non-hydrogen) atoms. The Balaban J connectivity index is 0.925. The molecule has 0 aliphatic heterocycles. The molecule has 0 N–H and O–H groups in total. The fourth-order valence-electron chi connectivity index (χ4n) is 9.18. The summed E-state index contributed by atoms with van der Waals surface area (Å²) in [4.78, 5) is 0. The molecule has 13 rings (SSSR count). The molecule has 0 aliphatic carbocycles. The van der Waals surface area contributed by atoms with E-state index in [4.69, 9.17) is 4.42 Å². The van der Waals surface area contributed by atoms with Crippen molar-refractivity contribution < 1.29 is 4.42 Å². The summed E-state index contributed by atoms with van der Waals surface area (Å²) in [5.41, 5.74) is 13.8. The molecule has 0 bridgehead atoms. The van der Waals surface area contributed by atoms with Crippen LogP contribution in [0.2, 0.25) is 0 Å². The van der Waals surface area contributed by atoms with Crippen molar-refractivity contribution in [1.29, 1.82) is 0 Å². The smallest absolute Gasteiger partial charge is 0.161 e. The first-order valence-electron chi connectivity index (χ1n) is 19.3. The van der Waals surface area contributed by atoms with Crippen molar-refractivity contribution in [1.82, 2.24) is 9.13 Å². The van der Waals surface area contributed by atoms with E-state index >= 15 is 0 Å². The van der Waals surface area contributed by atoms with Crippen LogP contribution in [0.1, 0.15) is 0 Å². The number of para-hydroxylation sites is 4. The molecule has 5 heteroatoms. The van der Waals surface area contributed by atoms with Gasteiger partial charge in [-0.1, -0.05) is 115 Å². The highest BCUT2D eigenvalue weighted by atomic mass is 32.1. The number of benzene rings is 8. The summed E-state index contributed by atoms with van der Waals surface area (Å²) in [6.07, 6.45) is 0. The molecule has 3 nitrogen and oxygen atoms in total. The molecule has 0 saturated carbocycles. The first-order valence-corrected chi connectivity index (χ1v) is 20.9. The van der Waals surface area contributed by atoms with Gasteiger partial charge in [0.1, 0.15) is 11.1 Å². The van der Waals surface area contributed by atoms with Crippen molar-refractivity contribution >= 4 is 107 Å². The van der Waals surface area contributed by atoms with E-state index in [0.29, 0.717) is 0 Å². The Kier molecular flexibility index (Phi) is 6.48. The van der Waals surface area contributed by atoms with Crippen molar-refractivity contribution in [3.63, 3.8) is 0 Å². The van der Waals surface area contributed by atoms with Gasteiger partial charge in [-0.3, -0.25) is 0 Å². The van der Waals surface area contributed by atoms with Gasteiger partial charge in [0.25, 0.3) is 0 Å². The van der Waals surface area contributed by atoms with E-state index in [9.17, 15) is 0 Å². The first-order chi connectivity index (χ1) is 28.3. The van der Waals surface area contributed by atoms with Crippen LogP contribution < -0.4 is 0 Å². The predicted octanol–water partition coefficient (Wildman–Crippen LogP) is 15.5. The van der Waals surface area contributed by atoms with Crippen LogP contribution in [0.3, 0.4) is 0 Å². The first kappa shape index (κ1) is 31.3. The van der Waals surface area contributed by atoms with Crippen LogP contribution in [0, 0.1) is 0 Å². The SMILES string of the molecule is c1ccc(-n2c3ccccc3c3oc4cc(-c5ccc6c(c5)sc5cc(-c7cccc8c7sc7c9ccccc9n(-c9ccccc9)c87)ccc56)ccc4c32)cc1. The Morgan fingerprint density at radius 3 is 1.67 bits per heavy atom. The van der Waals surface area contributed by atoms with Crippen LogP contribution in [0.25, 0.3) is 118 Å². The number of thiophene rings is 2. The van der Waals surface area contributed by atoms with Crippen LogP contribution in [-0.2, 0) is 0 Å². The predicted molar refractivity (Wildman–Crippen MR) is 244 cm³/mol. The Bertz CT molecular complexity index is 3750. The summed E-state index contributed by atoms with van der Waals surface area (Å²) in [5, 5.41) is 7.43. The second-order valence-electron chi connectivity index (χ2n) is 14.9. The van der Waals surface area contributed by atoms with E-state index in [1.54, 1.807) is 0 Å². The highest BCUT2D eigenvalue weighted by molar-refractivity contribution is 7.27. The third-order valence-electron chi connectivity index (χ3n) is 11.7. The molecule has 13 aromatic rings. The summed E-state index contributed by atoms with van der Waals surface area (Å²) >= 11 is 3.79. The largest absolute Gasteiger partial charge is 0.454 e. The van der Waals surface area contributed by atoms with Crippen molar-refractivity contribution in [3.05, 3.63) is 182 Å². The summed E-state index contributed by atoms with van der Waals surface area (Å²) in [7, 11) is 0. The molecule has 0 fully saturated rings. The second-order valence-corrected chi connectivity index (χ2v) is 17.0. The zero-order valence-corrected chi connectivity index (χ0v) is 32.1. The van der Waals surface area contributed by atoms with Crippen LogP contribution in [0.4, 0.5) is 0 Å². The number of rotatable bonds is 4. The van der Waals surface area contributed by atoms with Gasteiger partial charge in [0.2, 0.25) is 0 Å². The van der Waals surface area contributed by atoms with Crippen molar-refractivity contribution in [2.45, 2.75) is 0 Å². The normalized spacial score (nSPS) is 12.2. The van der Waals surface area contributed by atoms with E-state index in [0.717, 1.165) is 44.2 Å². The molecule has 8 aromatic carbocycles. The minimum atomic E-state index is 0.901. The van der Waals surface area contributed by atoms with Gasteiger partial charge in [-0.05, 0) is 89.0 Å². The van der Waals surface area contributed by atoms with E-state index in [-0.39, 0.29) is 0 Å². The van der Waals surface area contributed by atoms with E-state index in [2.05, 4.69) is 191 Å². The molecule has 0 radical (unpaired) electrons. The lowest BCUT2D eigenvalue weighted by molar-refractivity contribution is 0.673. The number of aromatic nitrogens is 2. The van der Waals surface area contributed by atoms with Gasteiger partial charge in [-0.2, -0.15) is 0 Å². The Labute approximate surface area is 334 Å². The number of hydrogen-bond acceptors (Lipinski definition) is 3. The number of hydrogen-bond donors (Lipinski definition) is 0. The molecule has 266 valence electrons. The topological polar surface area (TPSA) is 23.0 Å². The summed E-state index contributed by atoms with van der Waals surface area (Å²) in [6, 6.07) is 66.1. The van der Waals surface area contributed by atoms with Gasteiger partial charge in [-0.25, -0.2) is 0 Å². The summed E-state index contributed by atoms with van der Waals surface area (Å²) < 4.78 is 16.7. The number of nitrogens with zero attached hydrogens (tertiary/aromatic N) is 2. The number of fused-ring (bicyclic) bond motifs is 13. The Morgan fingerprint density at radius 1 is 0.368 bits per heavy atom. The monoisotopic (exact) mass is 762 g/mol. The van der Waals surface area contributed by atoms with Gasteiger partial charge >= 0.3 is 0 Å². The van der Waals surface area contributed by atoms with Gasteiger partial charge in [0.05, 0.1) is 21.3 Å². The summed E-state index contributed by atoms with van der Waals surface area (Å²) in [6.45, 7) is 0. The maximum atomic E-state index is 6.70. The third kappa shape index (κ3) is 4.47. The number of furan rings is 1. The van der Waals surface area contributed by atoms with Crippen LogP contribution in [0.15, 0.2) is 186 Å².